The summed E-state index contributed by atoms with van der Waals surface area (Å²) in [7, 11) is -3.22. The lowest BCUT2D eigenvalue weighted by molar-refractivity contribution is -0.0750. The minimum absolute atomic E-state index is 0.107. The molecule has 96 valence electrons. The van der Waals surface area contributed by atoms with Gasteiger partial charge in [0.15, 0.2) is 0 Å². The van der Waals surface area contributed by atoms with E-state index in [9.17, 15) is 8.42 Å². The second kappa shape index (κ2) is 5.44. The smallest absolute Gasteiger partial charge is 0.214 e. The molecule has 1 fully saturated rings. The first-order valence-electron chi connectivity index (χ1n) is 5.59. The van der Waals surface area contributed by atoms with Crippen molar-refractivity contribution in [3.63, 3.8) is 0 Å². The van der Waals surface area contributed by atoms with Crippen LogP contribution in [0, 0.1) is 5.92 Å². The summed E-state index contributed by atoms with van der Waals surface area (Å²) in [4.78, 5) is 0. The number of aliphatic hydroxyl groups excluding tert-OH is 1. The first-order chi connectivity index (χ1) is 7.35. The maximum Gasteiger partial charge on any atom is 0.214 e. The molecule has 5 nitrogen and oxygen atoms in total. The Labute approximate surface area is 97.4 Å². The summed E-state index contributed by atoms with van der Waals surface area (Å²) < 4.78 is 30.8. The Balaban J connectivity index is 2.71. The molecule has 6 heteroatoms. The lowest BCUT2D eigenvalue weighted by Gasteiger charge is -2.35. The van der Waals surface area contributed by atoms with E-state index >= 15 is 0 Å². The maximum absolute atomic E-state index is 12.0. The van der Waals surface area contributed by atoms with Gasteiger partial charge in [0.1, 0.15) is 0 Å². The van der Waals surface area contributed by atoms with Crippen LogP contribution in [0.15, 0.2) is 0 Å². The molecule has 0 aromatic rings. The highest BCUT2D eigenvalue weighted by Gasteiger charge is 2.32. The van der Waals surface area contributed by atoms with Crippen LogP contribution in [-0.2, 0) is 14.8 Å². The lowest BCUT2D eigenvalue weighted by atomic mass is 10.2. The van der Waals surface area contributed by atoms with Gasteiger partial charge < -0.3 is 9.84 Å². The van der Waals surface area contributed by atoms with Gasteiger partial charge in [0.05, 0.1) is 24.6 Å². The zero-order valence-electron chi connectivity index (χ0n) is 10.1. The van der Waals surface area contributed by atoms with Crippen molar-refractivity contribution >= 4 is 10.0 Å². The van der Waals surface area contributed by atoms with Crippen molar-refractivity contribution in [3.8, 4) is 0 Å². The predicted molar refractivity (Wildman–Crippen MR) is 61.6 cm³/mol. The Kier molecular flexibility index (Phi) is 4.73. The highest BCUT2D eigenvalue weighted by molar-refractivity contribution is 7.89. The molecule has 1 rings (SSSR count). The van der Waals surface area contributed by atoms with Crippen LogP contribution >= 0.6 is 0 Å². The van der Waals surface area contributed by atoms with Crippen LogP contribution in [0.3, 0.4) is 0 Å². The van der Waals surface area contributed by atoms with Crippen molar-refractivity contribution in [1.82, 2.24) is 4.31 Å². The molecular weight excluding hydrogens is 230 g/mol. The van der Waals surface area contributed by atoms with E-state index in [4.69, 9.17) is 9.84 Å². The van der Waals surface area contributed by atoms with Crippen LogP contribution in [0.2, 0.25) is 0 Å². The van der Waals surface area contributed by atoms with Crippen LogP contribution in [0.1, 0.15) is 20.8 Å². The second-order valence-electron chi connectivity index (χ2n) is 4.74. The van der Waals surface area contributed by atoms with Crippen LogP contribution in [-0.4, -0.2) is 55.5 Å². The van der Waals surface area contributed by atoms with E-state index in [1.807, 2.05) is 20.8 Å². The summed E-state index contributed by atoms with van der Waals surface area (Å²) in [5.41, 5.74) is 0. The van der Waals surface area contributed by atoms with Crippen molar-refractivity contribution < 1.29 is 18.3 Å². The van der Waals surface area contributed by atoms with Crippen molar-refractivity contribution in [2.24, 2.45) is 5.92 Å². The summed E-state index contributed by atoms with van der Waals surface area (Å²) in [6, 6.07) is 0. The fourth-order valence-electron chi connectivity index (χ4n) is 1.86. The monoisotopic (exact) mass is 251 g/mol. The number of nitrogens with zero attached hydrogens (tertiary/aromatic N) is 1. The molecule has 16 heavy (non-hydrogen) atoms. The Hall–Kier alpha value is -0.170. The number of aliphatic hydroxyl groups is 1. The van der Waals surface area contributed by atoms with Crippen LogP contribution in [0.5, 0.6) is 0 Å². The minimum atomic E-state index is -3.22. The average Bonchev–Trinajstić information content (AvgIpc) is 2.14. The number of rotatable bonds is 4. The molecule has 1 aliphatic rings. The van der Waals surface area contributed by atoms with E-state index in [0.717, 1.165) is 0 Å². The van der Waals surface area contributed by atoms with Gasteiger partial charge in [0.25, 0.3) is 0 Å². The average molecular weight is 251 g/mol. The van der Waals surface area contributed by atoms with Crippen molar-refractivity contribution in [3.05, 3.63) is 0 Å². The van der Waals surface area contributed by atoms with Crippen molar-refractivity contribution in [1.29, 1.82) is 0 Å². The molecule has 1 heterocycles. The number of morpholine rings is 1. The van der Waals surface area contributed by atoms with Gasteiger partial charge in [-0.1, -0.05) is 13.8 Å². The molecule has 0 spiro atoms. The first-order valence-corrected chi connectivity index (χ1v) is 7.20. The Morgan fingerprint density at radius 1 is 1.44 bits per heavy atom. The molecule has 1 N–H and O–H groups in total. The van der Waals surface area contributed by atoms with E-state index in [0.29, 0.717) is 6.54 Å². The molecule has 0 amide bonds. The minimum Gasteiger partial charge on any atom is -0.394 e. The third-order valence-electron chi connectivity index (χ3n) is 2.43. The normalized spacial score (nSPS) is 28.6. The standard InChI is InChI=1S/C10H21NO4S/c1-8(2)7-16(13,14)11-4-9(3)15-10(5-11)6-12/h8-10,12H,4-7H2,1-3H3. The molecule has 0 saturated carbocycles. The highest BCUT2D eigenvalue weighted by atomic mass is 32.2. The zero-order chi connectivity index (χ0) is 12.3. The second-order valence-corrected chi connectivity index (χ2v) is 6.75. The fraction of sp³-hybridized carbons (Fsp3) is 1.00. The Morgan fingerprint density at radius 3 is 2.56 bits per heavy atom. The quantitative estimate of drug-likeness (QED) is 0.767. The van der Waals surface area contributed by atoms with E-state index in [-0.39, 0.29) is 30.9 Å². The first kappa shape index (κ1) is 13.9. The van der Waals surface area contributed by atoms with E-state index in [1.165, 1.54) is 4.31 Å². The van der Waals surface area contributed by atoms with Crippen molar-refractivity contribution in [2.75, 3.05) is 25.4 Å². The predicted octanol–water partition coefficient (Wildman–Crippen LogP) is 0.0538. The fourth-order valence-corrected chi connectivity index (χ4v) is 3.74. The summed E-state index contributed by atoms with van der Waals surface area (Å²) in [5, 5.41) is 9.03. The number of ether oxygens (including phenoxy) is 1. The maximum atomic E-state index is 12.0. The summed E-state index contributed by atoms with van der Waals surface area (Å²) in [6.07, 6.45) is -0.557. The third-order valence-corrected chi connectivity index (χ3v) is 4.61. The van der Waals surface area contributed by atoms with Crippen LogP contribution < -0.4 is 0 Å². The lowest BCUT2D eigenvalue weighted by Crippen LogP contribution is -2.51. The van der Waals surface area contributed by atoms with E-state index < -0.39 is 16.1 Å². The van der Waals surface area contributed by atoms with Gasteiger partial charge in [-0.15, -0.1) is 0 Å². The molecule has 0 aliphatic carbocycles. The summed E-state index contributed by atoms with van der Waals surface area (Å²) in [6.45, 7) is 6.08. The van der Waals surface area contributed by atoms with Crippen LogP contribution in [0.4, 0.5) is 0 Å². The molecule has 2 unspecified atom stereocenters. The van der Waals surface area contributed by atoms with E-state index in [1.54, 1.807) is 0 Å². The van der Waals surface area contributed by atoms with Gasteiger partial charge in [-0.3, -0.25) is 0 Å². The van der Waals surface area contributed by atoms with Gasteiger partial charge in [-0.2, -0.15) is 4.31 Å². The molecule has 1 aliphatic heterocycles. The molecule has 0 radical (unpaired) electrons. The van der Waals surface area contributed by atoms with Gasteiger partial charge >= 0.3 is 0 Å². The summed E-state index contributed by atoms with van der Waals surface area (Å²) in [5.74, 6) is 0.258. The van der Waals surface area contributed by atoms with Gasteiger partial charge in [-0.05, 0) is 12.8 Å². The number of hydrogen-bond donors (Lipinski definition) is 1. The van der Waals surface area contributed by atoms with Gasteiger partial charge in [0, 0.05) is 13.1 Å². The summed E-state index contributed by atoms with van der Waals surface area (Å²) >= 11 is 0. The van der Waals surface area contributed by atoms with Gasteiger partial charge in [-0.25, -0.2) is 8.42 Å². The zero-order valence-corrected chi connectivity index (χ0v) is 10.9. The molecular formula is C10H21NO4S. The third kappa shape index (κ3) is 3.69. The molecule has 0 bridgehead atoms. The SMILES string of the molecule is CC(C)CS(=O)(=O)N1CC(C)OC(CO)C1. The molecule has 1 saturated heterocycles. The van der Waals surface area contributed by atoms with E-state index in [2.05, 4.69) is 0 Å². The Morgan fingerprint density at radius 2 is 2.06 bits per heavy atom. The number of sulfonamides is 1. The molecule has 0 aromatic carbocycles. The molecule has 2 atom stereocenters. The van der Waals surface area contributed by atoms with Gasteiger partial charge in [0.2, 0.25) is 10.0 Å². The topological polar surface area (TPSA) is 66.8 Å². The Bertz CT molecular complexity index is 315. The van der Waals surface area contributed by atoms with Crippen molar-refractivity contribution in [2.45, 2.75) is 33.0 Å². The number of hydrogen-bond acceptors (Lipinski definition) is 4. The molecule has 0 aromatic heterocycles. The van der Waals surface area contributed by atoms with Crippen LogP contribution in [0.25, 0.3) is 0 Å². The largest absolute Gasteiger partial charge is 0.394 e. The highest BCUT2D eigenvalue weighted by Crippen LogP contribution is 2.16.